The third-order valence-electron chi connectivity index (χ3n) is 3.52. The van der Waals surface area contributed by atoms with E-state index in [2.05, 4.69) is 17.1 Å². The van der Waals surface area contributed by atoms with Crippen LogP contribution in [0.1, 0.15) is 44.3 Å². The van der Waals surface area contributed by atoms with Crippen molar-refractivity contribution in [2.45, 2.75) is 44.4 Å². The lowest BCUT2D eigenvalue weighted by molar-refractivity contribution is 0.0409. The van der Waals surface area contributed by atoms with E-state index >= 15 is 0 Å². The molecule has 0 spiro atoms. The van der Waals surface area contributed by atoms with E-state index in [0.717, 1.165) is 51.1 Å². The summed E-state index contributed by atoms with van der Waals surface area (Å²) in [4.78, 5) is 4.50. The van der Waals surface area contributed by atoms with Gasteiger partial charge in [-0.15, -0.1) is 0 Å². The van der Waals surface area contributed by atoms with Crippen LogP contribution in [0.15, 0.2) is 4.52 Å². The summed E-state index contributed by atoms with van der Waals surface area (Å²) in [6.45, 7) is 4.15. The molecule has 0 atom stereocenters. The van der Waals surface area contributed by atoms with Crippen molar-refractivity contribution in [3.8, 4) is 0 Å². The van der Waals surface area contributed by atoms with Crippen LogP contribution >= 0.6 is 0 Å². The summed E-state index contributed by atoms with van der Waals surface area (Å²) in [7, 11) is 0. The van der Waals surface area contributed by atoms with E-state index in [9.17, 15) is 0 Å². The van der Waals surface area contributed by atoms with Crippen molar-refractivity contribution in [1.29, 1.82) is 0 Å². The molecule has 1 aliphatic rings. The summed E-state index contributed by atoms with van der Waals surface area (Å²) in [5.74, 6) is 1.51. The van der Waals surface area contributed by atoms with Crippen LogP contribution in [0.4, 0.5) is 0 Å². The van der Waals surface area contributed by atoms with Crippen molar-refractivity contribution in [3.63, 3.8) is 0 Å². The first-order valence-electron chi connectivity index (χ1n) is 6.41. The molecule has 1 aliphatic heterocycles. The molecule has 1 aromatic heterocycles. The predicted molar refractivity (Wildman–Crippen MR) is 63.7 cm³/mol. The molecule has 0 radical (unpaired) electrons. The molecule has 1 saturated heterocycles. The zero-order valence-corrected chi connectivity index (χ0v) is 10.4. The minimum absolute atomic E-state index is 0.157. The summed E-state index contributed by atoms with van der Waals surface area (Å²) in [6.07, 6.45) is 4.87. The third-order valence-corrected chi connectivity index (χ3v) is 3.52. The number of rotatable bonds is 5. The molecule has 2 rings (SSSR count). The summed E-state index contributed by atoms with van der Waals surface area (Å²) in [6, 6.07) is 0. The fourth-order valence-corrected chi connectivity index (χ4v) is 2.17. The lowest BCUT2D eigenvalue weighted by Gasteiger charge is -2.32. The molecule has 0 aromatic carbocycles. The fraction of sp³-hybridized carbons (Fsp3) is 0.833. The van der Waals surface area contributed by atoms with Gasteiger partial charge in [-0.3, -0.25) is 0 Å². The molecule has 2 N–H and O–H groups in total. The van der Waals surface area contributed by atoms with Crippen LogP contribution in [0.3, 0.4) is 0 Å². The van der Waals surface area contributed by atoms with Gasteiger partial charge in [0, 0.05) is 26.2 Å². The summed E-state index contributed by atoms with van der Waals surface area (Å²) in [5.41, 5.74) is 5.74. The number of hydrogen-bond donors (Lipinski definition) is 1. The van der Waals surface area contributed by atoms with E-state index in [-0.39, 0.29) is 5.41 Å². The Morgan fingerprint density at radius 1 is 1.35 bits per heavy atom. The quantitative estimate of drug-likeness (QED) is 0.841. The molecule has 1 aromatic rings. The Kier molecular flexibility index (Phi) is 4.12. The Morgan fingerprint density at radius 3 is 2.76 bits per heavy atom. The second-order valence-corrected chi connectivity index (χ2v) is 4.72. The topological polar surface area (TPSA) is 74.2 Å². The zero-order valence-electron chi connectivity index (χ0n) is 10.4. The smallest absolute Gasteiger partial charge is 0.234 e. The highest BCUT2D eigenvalue weighted by molar-refractivity contribution is 5.07. The number of aryl methyl sites for hydroxylation is 1. The van der Waals surface area contributed by atoms with Crippen molar-refractivity contribution in [2.24, 2.45) is 5.73 Å². The Hall–Kier alpha value is -0.940. The maximum atomic E-state index is 5.90. The molecule has 2 heterocycles. The molecule has 96 valence electrons. The van der Waals surface area contributed by atoms with Gasteiger partial charge in [0.05, 0.1) is 5.41 Å². The SMILES string of the molecule is CCCCc1noc(C2(CN)CCOCC2)n1. The highest BCUT2D eigenvalue weighted by atomic mass is 16.5. The normalized spacial score (nSPS) is 19.4. The van der Waals surface area contributed by atoms with Gasteiger partial charge in [0.15, 0.2) is 5.82 Å². The summed E-state index contributed by atoms with van der Waals surface area (Å²) < 4.78 is 10.8. The van der Waals surface area contributed by atoms with E-state index in [0.29, 0.717) is 12.4 Å². The maximum Gasteiger partial charge on any atom is 0.234 e. The van der Waals surface area contributed by atoms with Gasteiger partial charge in [0.1, 0.15) is 0 Å². The van der Waals surface area contributed by atoms with Crippen LogP contribution in [-0.2, 0) is 16.6 Å². The zero-order chi connectivity index (χ0) is 12.1. The number of hydrogen-bond acceptors (Lipinski definition) is 5. The second-order valence-electron chi connectivity index (χ2n) is 4.72. The van der Waals surface area contributed by atoms with Gasteiger partial charge < -0.3 is 15.0 Å². The molecule has 0 aliphatic carbocycles. The Morgan fingerprint density at radius 2 is 2.12 bits per heavy atom. The van der Waals surface area contributed by atoms with Gasteiger partial charge in [0.2, 0.25) is 5.89 Å². The van der Waals surface area contributed by atoms with Crippen LogP contribution in [0.2, 0.25) is 0 Å². The average molecular weight is 239 g/mol. The molecule has 0 bridgehead atoms. The van der Waals surface area contributed by atoms with Crippen molar-refractivity contribution in [3.05, 3.63) is 11.7 Å². The van der Waals surface area contributed by atoms with Crippen molar-refractivity contribution >= 4 is 0 Å². The van der Waals surface area contributed by atoms with E-state index < -0.39 is 0 Å². The van der Waals surface area contributed by atoms with Gasteiger partial charge in [0.25, 0.3) is 0 Å². The lowest BCUT2D eigenvalue weighted by atomic mass is 9.80. The molecule has 0 saturated carbocycles. The summed E-state index contributed by atoms with van der Waals surface area (Å²) >= 11 is 0. The first kappa shape index (κ1) is 12.5. The maximum absolute atomic E-state index is 5.90. The Balaban J connectivity index is 2.10. The van der Waals surface area contributed by atoms with E-state index in [1.54, 1.807) is 0 Å². The average Bonchev–Trinajstić information content (AvgIpc) is 2.86. The Bertz CT molecular complexity index is 345. The van der Waals surface area contributed by atoms with Crippen LogP contribution in [0.5, 0.6) is 0 Å². The second kappa shape index (κ2) is 5.60. The van der Waals surface area contributed by atoms with Gasteiger partial charge in [-0.25, -0.2) is 0 Å². The number of ether oxygens (including phenoxy) is 1. The molecular formula is C12H21N3O2. The minimum atomic E-state index is -0.157. The van der Waals surface area contributed by atoms with Crippen LogP contribution < -0.4 is 5.73 Å². The first-order valence-corrected chi connectivity index (χ1v) is 6.41. The standard InChI is InChI=1S/C12H21N3O2/c1-2-3-4-10-14-11(17-15-10)12(9-13)5-7-16-8-6-12/h2-9,13H2,1H3. The Labute approximate surface area is 102 Å². The molecular weight excluding hydrogens is 218 g/mol. The monoisotopic (exact) mass is 239 g/mol. The molecule has 0 unspecified atom stereocenters. The van der Waals surface area contributed by atoms with Crippen molar-refractivity contribution in [2.75, 3.05) is 19.8 Å². The fourth-order valence-electron chi connectivity index (χ4n) is 2.17. The highest BCUT2D eigenvalue weighted by Gasteiger charge is 2.38. The van der Waals surface area contributed by atoms with Gasteiger partial charge >= 0.3 is 0 Å². The minimum Gasteiger partial charge on any atom is -0.381 e. The summed E-state index contributed by atoms with van der Waals surface area (Å²) in [5, 5.41) is 4.04. The highest BCUT2D eigenvalue weighted by Crippen LogP contribution is 2.32. The van der Waals surface area contributed by atoms with Gasteiger partial charge in [-0.2, -0.15) is 4.98 Å². The molecule has 5 nitrogen and oxygen atoms in total. The lowest BCUT2D eigenvalue weighted by Crippen LogP contribution is -2.40. The van der Waals surface area contributed by atoms with E-state index in [1.165, 1.54) is 0 Å². The van der Waals surface area contributed by atoms with Crippen molar-refractivity contribution < 1.29 is 9.26 Å². The first-order chi connectivity index (χ1) is 8.30. The third kappa shape index (κ3) is 2.66. The van der Waals surface area contributed by atoms with E-state index in [4.69, 9.17) is 15.0 Å². The van der Waals surface area contributed by atoms with Gasteiger partial charge in [-0.1, -0.05) is 18.5 Å². The van der Waals surface area contributed by atoms with Crippen LogP contribution in [0, 0.1) is 0 Å². The van der Waals surface area contributed by atoms with Crippen LogP contribution in [-0.4, -0.2) is 29.9 Å². The number of nitrogens with zero attached hydrogens (tertiary/aromatic N) is 2. The number of nitrogens with two attached hydrogens (primary N) is 1. The largest absolute Gasteiger partial charge is 0.381 e. The molecule has 17 heavy (non-hydrogen) atoms. The number of unbranched alkanes of at least 4 members (excludes halogenated alkanes) is 1. The van der Waals surface area contributed by atoms with Gasteiger partial charge in [-0.05, 0) is 19.3 Å². The number of aromatic nitrogens is 2. The molecule has 1 fully saturated rings. The van der Waals surface area contributed by atoms with Crippen LogP contribution in [0.25, 0.3) is 0 Å². The molecule has 0 amide bonds. The predicted octanol–water partition coefficient (Wildman–Crippen LogP) is 1.42. The van der Waals surface area contributed by atoms with E-state index in [1.807, 2.05) is 0 Å². The van der Waals surface area contributed by atoms with Crippen molar-refractivity contribution in [1.82, 2.24) is 10.1 Å². The molecule has 5 heteroatoms.